The van der Waals surface area contributed by atoms with E-state index in [1.165, 1.54) is 0 Å². The van der Waals surface area contributed by atoms with Crippen molar-refractivity contribution in [1.29, 1.82) is 0 Å². The van der Waals surface area contributed by atoms with E-state index in [9.17, 15) is 9.59 Å². The fourth-order valence-electron chi connectivity index (χ4n) is 2.55. The van der Waals surface area contributed by atoms with Gasteiger partial charge in [-0.3, -0.25) is 4.79 Å². The summed E-state index contributed by atoms with van der Waals surface area (Å²) in [5.74, 6) is -0.0747. The molecule has 0 saturated carbocycles. The minimum absolute atomic E-state index is 0.0417. The van der Waals surface area contributed by atoms with Gasteiger partial charge in [-0.25, -0.2) is 4.79 Å². The Hall–Kier alpha value is -1.06. The number of hydrogen-bond acceptors (Lipinski definition) is 3. The van der Waals surface area contributed by atoms with Crippen LogP contribution in [-0.4, -0.2) is 36.0 Å². The highest BCUT2D eigenvalue weighted by atomic mass is 16.5. The zero-order chi connectivity index (χ0) is 13.5. The van der Waals surface area contributed by atoms with Crippen molar-refractivity contribution in [3.05, 3.63) is 0 Å². The average Bonchev–Trinajstić information content (AvgIpc) is 2.40. The molecule has 1 saturated heterocycles. The first-order valence-corrected chi connectivity index (χ1v) is 7.12. The zero-order valence-electron chi connectivity index (χ0n) is 11.8. The van der Waals surface area contributed by atoms with Crippen molar-refractivity contribution in [2.45, 2.75) is 58.9 Å². The predicted octanol–water partition coefficient (Wildman–Crippen LogP) is 2.37. The van der Waals surface area contributed by atoms with E-state index in [0.717, 1.165) is 32.1 Å². The van der Waals surface area contributed by atoms with Gasteiger partial charge in [-0.15, -0.1) is 0 Å². The molecule has 4 nitrogen and oxygen atoms in total. The Bertz CT molecular complexity index is 287. The molecule has 104 valence electrons. The van der Waals surface area contributed by atoms with E-state index in [-0.39, 0.29) is 23.8 Å². The van der Waals surface area contributed by atoms with Gasteiger partial charge in [0.25, 0.3) is 0 Å². The summed E-state index contributed by atoms with van der Waals surface area (Å²) in [6.07, 6.45) is 4.39. The van der Waals surface area contributed by atoms with Gasteiger partial charge in [0.1, 0.15) is 6.04 Å². The van der Waals surface area contributed by atoms with E-state index in [4.69, 9.17) is 4.74 Å². The molecule has 4 heteroatoms. The van der Waals surface area contributed by atoms with E-state index in [0.29, 0.717) is 13.2 Å². The lowest BCUT2D eigenvalue weighted by atomic mass is 9.96. The molecule has 0 bridgehead atoms. The fourth-order valence-corrected chi connectivity index (χ4v) is 2.55. The van der Waals surface area contributed by atoms with Crippen molar-refractivity contribution in [3.8, 4) is 0 Å². The van der Waals surface area contributed by atoms with Gasteiger partial charge in [0, 0.05) is 12.5 Å². The molecule has 1 fully saturated rings. The Balaban J connectivity index is 2.75. The van der Waals surface area contributed by atoms with Crippen molar-refractivity contribution < 1.29 is 14.3 Å². The first-order chi connectivity index (χ1) is 8.65. The van der Waals surface area contributed by atoms with E-state index in [1.807, 2.05) is 13.8 Å². The fraction of sp³-hybridized carbons (Fsp3) is 0.857. The summed E-state index contributed by atoms with van der Waals surface area (Å²) in [4.78, 5) is 26.0. The minimum atomic E-state index is -0.355. The summed E-state index contributed by atoms with van der Waals surface area (Å²) < 4.78 is 5.08. The van der Waals surface area contributed by atoms with Gasteiger partial charge in [-0.2, -0.15) is 0 Å². The predicted molar refractivity (Wildman–Crippen MR) is 70.1 cm³/mol. The normalized spacial score (nSPS) is 20.0. The van der Waals surface area contributed by atoms with Crippen LogP contribution in [0.2, 0.25) is 0 Å². The second kappa shape index (κ2) is 7.39. The van der Waals surface area contributed by atoms with Crippen LogP contribution in [0.15, 0.2) is 0 Å². The number of amides is 1. The highest BCUT2D eigenvalue weighted by Gasteiger charge is 2.35. The van der Waals surface area contributed by atoms with Crippen LogP contribution in [0, 0.1) is 5.92 Å². The molecule has 1 aliphatic heterocycles. The third-order valence-electron chi connectivity index (χ3n) is 3.68. The first kappa shape index (κ1) is 15.0. The van der Waals surface area contributed by atoms with E-state index >= 15 is 0 Å². The maximum Gasteiger partial charge on any atom is 0.328 e. The summed E-state index contributed by atoms with van der Waals surface area (Å²) in [5.41, 5.74) is 0. The Morgan fingerprint density at radius 2 is 1.89 bits per heavy atom. The third-order valence-corrected chi connectivity index (χ3v) is 3.68. The summed E-state index contributed by atoms with van der Waals surface area (Å²) in [6.45, 7) is 6.92. The van der Waals surface area contributed by atoms with Crippen LogP contribution in [0.1, 0.15) is 52.9 Å². The van der Waals surface area contributed by atoms with Crippen LogP contribution >= 0.6 is 0 Å². The Kier molecular flexibility index (Phi) is 6.16. The largest absolute Gasteiger partial charge is 0.464 e. The lowest BCUT2D eigenvalue weighted by molar-refractivity contribution is -0.158. The molecule has 0 aromatic rings. The van der Waals surface area contributed by atoms with Crippen LogP contribution < -0.4 is 0 Å². The number of likely N-dealkylation sites (tertiary alicyclic amines) is 1. The van der Waals surface area contributed by atoms with Crippen LogP contribution in [-0.2, 0) is 14.3 Å². The maximum atomic E-state index is 12.4. The lowest BCUT2D eigenvalue weighted by Gasteiger charge is -2.36. The molecule has 0 aliphatic carbocycles. The summed E-state index contributed by atoms with van der Waals surface area (Å²) in [5, 5.41) is 0. The molecule has 0 spiro atoms. The Labute approximate surface area is 110 Å². The highest BCUT2D eigenvalue weighted by Crippen LogP contribution is 2.22. The molecular formula is C14H25NO3. The van der Waals surface area contributed by atoms with E-state index in [2.05, 4.69) is 0 Å². The average molecular weight is 255 g/mol. The van der Waals surface area contributed by atoms with Crippen molar-refractivity contribution in [3.63, 3.8) is 0 Å². The topological polar surface area (TPSA) is 46.6 Å². The Morgan fingerprint density at radius 3 is 2.44 bits per heavy atom. The molecule has 1 unspecified atom stereocenters. The SMILES string of the molecule is CCOC(=O)C1CCCCN1C(=O)C(CC)CC. The molecule has 1 atom stereocenters. The Morgan fingerprint density at radius 1 is 1.22 bits per heavy atom. The van der Waals surface area contributed by atoms with Gasteiger partial charge in [0.15, 0.2) is 0 Å². The molecule has 1 rings (SSSR count). The van der Waals surface area contributed by atoms with Crippen LogP contribution in [0.3, 0.4) is 0 Å². The van der Waals surface area contributed by atoms with Crippen molar-refractivity contribution in [2.24, 2.45) is 5.92 Å². The number of nitrogens with zero attached hydrogens (tertiary/aromatic N) is 1. The number of carbonyl (C=O) groups is 2. The number of piperidine rings is 1. The highest BCUT2D eigenvalue weighted by molar-refractivity contribution is 5.86. The zero-order valence-corrected chi connectivity index (χ0v) is 11.8. The van der Waals surface area contributed by atoms with Gasteiger partial charge < -0.3 is 9.64 Å². The number of carbonyl (C=O) groups excluding carboxylic acids is 2. The third kappa shape index (κ3) is 3.47. The molecule has 0 aromatic carbocycles. The summed E-state index contributed by atoms with van der Waals surface area (Å²) in [6, 6.07) is -0.355. The molecule has 18 heavy (non-hydrogen) atoms. The monoisotopic (exact) mass is 255 g/mol. The summed E-state index contributed by atoms with van der Waals surface area (Å²) >= 11 is 0. The molecule has 0 N–H and O–H groups in total. The van der Waals surface area contributed by atoms with Gasteiger partial charge in [0.05, 0.1) is 6.61 Å². The van der Waals surface area contributed by atoms with Crippen molar-refractivity contribution in [2.75, 3.05) is 13.2 Å². The second-order valence-electron chi connectivity index (χ2n) is 4.81. The number of ether oxygens (including phenoxy) is 1. The lowest BCUT2D eigenvalue weighted by Crippen LogP contribution is -2.50. The first-order valence-electron chi connectivity index (χ1n) is 7.12. The van der Waals surface area contributed by atoms with Crippen molar-refractivity contribution >= 4 is 11.9 Å². The molecular weight excluding hydrogens is 230 g/mol. The quantitative estimate of drug-likeness (QED) is 0.708. The standard InChI is InChI=1S/C14H25NO3/c1-4-11(5-2)13(16)15-10-8-7-9-12(15)14(17)18-6-3/h11-12H,4-10H2,1-3H3. The molecule has 1 heterocycles. The molecule has 0 aromatic heterocycles. The minimum Gasteiger partial charge on any atom is -0.464 e. The van der Waals surface area contributed by atoms with Crippen molar-refractivity contribution in [1.82, 2.24) is 4.90 Å². The number of esters is 1. The van der Waals surface area contributed by atoms with Crippen LogP contribution in [0.5, 0.6) is 0 Å². The van der Waals surface area contributed by atoms with Crippen LogP contribution in [0.25, 0.3) is 0 Å². The second-order valence-corrected chi connectivity index (χ2v) is 4.81. The number of hydrogen-bond donors (Lipinski definition) is 0. The summed E-state index contributed by atoms with van der Waals surface area (Å²) in [7, 11) is 0. The molecule has 0 radical (unpaired) electrons. The smallest absolute Gasteiger partial charge is 0.328 e. The van der Waals surface area contributed by atoms with Gasteiger partial charge >= 0.3 is 5.97 Å². The van der Waals surface area contributed by atoms with Gasteiger partial charge in [-0.05, 0) is 39.0 Å². The van der Waals surface area contributed by atoms with Crippen LogP contribution in [0.4, 0.5) is 0 Å². The molecule has 1 amide bonds. The maximum absolute atomic E-state index is 12.4. The number of rotatable bonds is 5. The van der Waals surface area contributed by atoms with E-state index in [1.54, 1.807) is 11.8 Å². The van der Waals surface area contributed by atoms with E-state index < -0.39 is 0 Å². The van der Waals surface area contributed by atoms with Gasteiger partial charge in [-0.1, -0.05) is 13.8 Å². The van der Waals surface area contributed by atoms with Gasteiger partial charge in [0.2, 0.25) is 5.91 Å². The molecule has 1 aliphatic rings.